The van der Waals surface area contributed by atoms with Gasteiger partial charge in [-0.2, -0.15) is 0 Å². The molecule has 0 aliphatic heterocycles. The Morgan fingerprint density at radius 3 is 2.56 bits per heavy atom. The summed E-state index contributed by atoms with van der Waals surface area (Å²) in [6, 6.07) is 10.3. The lowest BCUT2D eigenvalue weighted by molar-refractivity contribution is 0.0954. The quantitative estimate of drug-likeness (QED) is 0.832. The van der Waals surface area contributed by atoms with Gasteiger partial charge in [0.25, 0.3) is 5.91 Å². The van der Waals surface area contributed by atoms with Gasteiger partial charge in [-0.3, -0.25) is 9.10 Å². The summed E-state index contributed by atoms with van der Waals surface area (Å²) >= 11 is 6.06. The van der Waals surface area contributed by atoms with E-state index >= 15 is 0 Å². The van der Waals surface area contributed by atoms with Gasteiger partial charge in [0.2, 0.25) is 10.0 Å². The van der Waals surface area contributed by atoms with Crippen LogP contribution >= 0.6 is 11.6 Å². The molecular formula is C17H18ClFN2O3S. The first-order chi connectivity index (χ1) is 11.7. The van der Waals surface area contributed by atoms with Crippen molar-refractivity contribution in [2.75, 3.05) is 23.7 Å². The molecule has 0 atom stereocenters. The first-order valence-corrected chi connectivity index (χ1v) is 9.69. The van der Waals surface area contributed by atoms with Crippen molar-refractivity contribution >= 4 is 33.2 Å². The van der Waals surface area contributed by atoms with E-state index in [-0.39, 0.29) is 18.7 Å². The molecule has 2 aromatic carbocycles. The van der Waals surface area contributed by atoms with E-state index in [1.165, 1.54) is 22.5 Å². The summed E-state index contributed by atoms with van der Waals surface area (Å²) in [7, 11) is -3.56. The van der Waals surface area contributed by atoms with E-state index in [9.17, 15) is 17.6 Å². The first kappa shape index (κ1) is 19.2. The van der Waals surface area contributed by atoms with Crippen LogP contribution in [0.3, 0.4) is 0 Å². The van der Waals surface area contributed by atoms with E-state index in [1.54, 1.807) is 25.1 Å². The minimum Gasteiger partial charge on any atom is -0.350 e. The fourth-order valence-electron chi connectivity index (χ4n) is 2.33. The fraction of sp³-hybridized carbons (Fsp3) is 0.235. The molecule has 0 aliphatic carbocycles. The minimum absolute atomic E-state index is 0.0288. The maximum Gasteiger partial charge on any atom is 0.251 e. The Labute approximate surface area is 151 Å². The molecular weight excluding hydrogens is 367 g/mol. The Balaban J connectivity index is 2.12. The molecule has 0 fully saturated rings. The summed E-state index contributed by atoms with van der Waals surface area (Å²) in [5.74, 6) is -0.990. The Morgan fingerprint density at radius 1 is 1.24 bits per heavy atom. The smallest absolute Gasteiger partial charge is 0.251 e. The van der Waals surface area contributed by atoms with Gasteiger partial charge in [0, 0.05) is 17.1 Å². The molecule has 0 aliphatic rings. The van der Waals surface area contributed by atoms with Gasteiger partial charge in [-0.15, -0.1) is 0 Å². The number of sulfonamides is 1. The Bertz CT molecular complexity index is 887. The molecule has 0 heterocycles. The molecule has 0 bridgehead atoms. The second-order valence-electron chi connectivity index (χ2n) is 5.49. The minimum atomic E-state index is -3.56. The van der Waals surface area contributed by atoms with E-state index in [2.05, 4.69) is 5.32 Å². The number of amides is 1. The van der Waals surface area contributed by atoms with Crippen molar-refractivity contribution in [2.24, 2.45) is 0 Å². The van der Waals surface area contributed by atoms with Crippen LogP contribution < -0.4 is 9.62 Å². The molecule has 1 amide bonds. The number of halogens is 2. The number of nitrogens with one attached hydrogen (secondary N) is 1. The van der Waals surface area contributed by atoms with Gasteiger partial charge in [-0.25, -0.2) is 12.8 Å². The molecule has 2 aromatic rings. The third-order valence-electron chi connectivity index (χ3n) is 3.60. The number of nitrogens with zero attached hydrogens (tertiary/aromatic N) is 1. The number of carbonyl (C=O) groups is 1. The number of benzene rings is 2. The van der Waals surface area contributed by atoms with Crippen LogP contribution in [-0.4, -0.2) is 33.7 Å². The van der Waals surface area contributed by atoms with Gasteiger partial charge in [0.1, 0.15) is 5.82 Å². The molecule has 0 saturated carbocycles. The number of rotatable bonds is 6. The third-order valence-corrected chi connectivity index (χ3v) is 5.18. The zero-order chi connectivity index (χ0) is 18.6. The number of anilines is 1. The summed E-state index contributed by atoms with van der Waals surface area (Å²) < 4.78 is 38.6. The molecule has 8 heteroatoms. The van der Waals surface area contributed by atoms with Gasteiger partial charge in [-0.05, 0) is 42.8 Å². The molecule has 0 unspecified atom stereocenters. The van der Waals surface area contributed by atoms with Crippen LogP contribution in [0.25, 0.3) is 0 Å². The van der Waals surface area contributed by atoms with E-state index in [1.807, 2.05) is 0 Å². The normalized spacial score (nSPS) is 11.2. The van der Waals surface area contributed by atoms with Gasteiger partial charge in [0.15, 0.2) is 0 Å². The standard InChI is InChI=1S/C17H18ClFN2O3S/c1-12-15(18)7-4-8-16(12)21(25(2,23)24)10-9-20-17(22)13-5-3-6-14(19)11-13/h3-8,11H,9-10H2,1-2H3,(H,20,22). The monoisotopic (exact) mass is 384 g/mol. The highest BCUT2D eigenvalue weighted by atomic mass is 35.5. The zero-order valence-electron chi connectivity index (χ0n) is 13.8. The van der Waals surface area contributed by atoms with Crippen LogP contribution in [0.15, 0.2) is 42.5 Å². The van der Waals surface area contributed by atoms with Crippen molar-refractivity contribution in [2.45, 2.75) is 6.92 Å². The summed E-state index contributed by atoms with van der Waals surface area (Å²) in [4.78, 5) is 12.0. The largest absolute Gasteiger partial charge is 0.350 e. The molecule has 5 nitrogen and oxygen atoms in total. The predicted octanol–water partition coefficient (Wildman–Crippen LogP) is 2.98. The highest BCUT2D eigenvalue weighted by Crippen LogP contribution is 2.27. The van der Waals surface area contributed by atoms with Crippen molar-refractivity contribution < 1.29 is 17.6 Å². The number of hydrogen-bond acceptors (Lipinski definition) is 3. The Morgan fingerprint density at radius 2 is 1.92 bits per heavy atom. The Hall–Kier alpha value is -2.12. The topological polar surface area (TPSA) is 66.5 Å². The lowest BCUT2D eigenvalue weighted by atomic mass is 10.2. The molecule has 25 heavy (non-hydrogen) atoms. The molecule has 1 N–H and O–H groups in total. The van der Waals surface area contributed by atoms with Crippen molar-refractivity contribution in [3.05, 3.63) is 64.4 Å². The zero-order valence-corrected chi connectivity index (χ0v) is 15.4. The van der Waals surface area contributed by atoms with Gasteiger partial charge in [0.05, 0.1) is 18.5 Å². The van der Waals surface area contributed by atoms with Gasteiger partial charge >= 0.3 is 0 Å². The van der Waals surface area contributed by atoms with Crippen LogP contribution in [0.1, 0.15) is 15.9 Å². The summed E-state index contributed by atoms with van der Waals surface area (Å²) in [6.45, 7) is 1.82. The first-order valence-electron chi connectivity index (χ1n) is 7.47. The van der Waals surface area contributed by atoms with Gasteiger partial charge in [-0.1, -0.05) is 23.7 Å². The van der Waals surface area contributed by atoms with E-state index in [0.29, 0.717) is 16.3 Å². The van der Waals surface area contributed by atoms with Crippen LogP contribution in [0.2, 0.25) is 5.02 Å². The number of carbonyl (C=O) groups excluding carboxylic acids is 1. The fourth-order valence-corrected chi connectivity index (χ4v) is 3.48. The van der Waals surface area contributed by atoms with Crippen LogP contribution in [0.5, 0.6) is 0 Å². The van der Waals surface area contributed by atoms with Gasteiger partial charge < -0.3 is 5.32 Å². The molecule has 0 radical (unpaired) electrons. The Kier molecular flexibility index (Phi) is 6.02. The van der Waals surface area contributed by atoms with Crippen molar-refractivity contribution in [1.29, 1.82) is 0 Å². The SMILES string of the molecule is Cc1c(Cl)cccc1N(CCNC(=O)c1cccc(F)c1)S(C)(=O)=O. The van der Waals surface area contributed by atoms with Crippen molar-refractivity contribution in [1.82, 2.24) is 5.32 Å². The summed E-state index contributed by atoms with van der Waals surface area (Å²) in [6.07, 6.45) is 1.09. The molecule has 0 saturated heterocycles. The van der Waals surface area contributed by atoms with Crippen LogP contribution in [0, 0.1) is 12.7 Å². The summed E-state index contributed by atoms with van der Waals surface area (Å²) in [5, 5.41) is 3.04. The summed E-state index contributed by atoms with van der Waals surface area (Å²) in [5.41, 5.74) is 1.26. The van der Waals surface area contributed by atoms with E-state index < -0.39 is 21.7 Å². The third kappa shape index (κ3) is 4.93. The van der Waals surface area contributed by atoms with E-state index in [0.717, 1.165) is 12.3 Å². The predicted molar refractivity (Wildman–Crippen MR) is 97.1 cm³/mol. The van der Waals surface area contributed by atoms with E-state index in [4.69, 9.17) is 11.6 Å². The van der Waals surface area contributed by atoms with Crippen LogP contribution in [-0.2, 0) is 10.0 Å². The van der Waals surface area contributed by atoms with Crippen LogP contribution in [0.4, 0.5) is 10.1 Å². The maximum absolute atomic E-state index is 13.2. The molecule has 134 valence electrons. The maximum atomic E-state index is 13.2. The second-order valence-corrected chi connectivity index (χ2v) is 7.80. The molecule has 0 aromatic heterocycles. The van der Waals surface area contributed by atoms with Crippen molar-refractivity contribution in [3.63, 3.8) is 0 Å². The number of hydrogen-bond donors (Lipinski definition) is 1. The average molecular weight is 385 g/mol. The highest BCUT2D eigenvalue weighted by molar-refractivity contribution is 7.92. The average Bonchev–Trinajstić information content (AvgIpc) is 2.53. The highest BCUT2D eigenvalue weighted by Gasteiger charge is 2.20. The molecule has 0 spiro atoms. The lowest BCUT2D eigenvalue weighted by Gasteiger charge is -2.24. The molecule has 2 rings (SSSR count). The second kappa shape index (κ2) is 7.84. The van der Waals surface area contributed by atoms with Crippen molar-refractivity contribution in [3.8, 4) is 0 Å². The lowest BCUT2D eigenvalue weighted by Crippen LogP contribution is -2.38.